The molecule has 0 fully saturated rings. The van der Waals surface area contributed by atoms with E-state index in [-0.39, 0.29) is 5.78 Å². The molecule has 0 saturated heterocycles. The van der Waals surface area contributed by atoms with Gasteiger partial charge in [0.2, 0.25) is 0 Å². The number of ketones is 1. The summed E-state index contributed by atoms with van der Waals surface area (Å²) in [6.45, 7) is 3.63. The van der Waals surface area contributed by atoms with E-state index in [4.69, 9.17) is 11.6 Å². The SMILES string of the molecule is CC(=O)CCc1c(Cl)nc2ccccc2c1C. The molecule has 0 saturated carbocycles. The Labute approximate surface area is 106 Å². The molecule has 88 valence electrons. The van der Waals surface area contributed by atoms with Crippen molar-refractivity contribution in [3.8, 4) is 0 Å². The molecule has 3 heteroatoms. The second-order valence-electron chi connectivity index (χ2n) is 4.23. The molecule has 0 bridgehead atoms. The lowest BCUT2D eigenvalue weighted by Crippen LogP contribution is -1.99. The second-order valence-corrected chi connectivity index (χ2v) is 4.58. The number of halogens is 1. The van der Waals surface area contributed by atoms with Crippen LogP contribution in [-0.4, -0.2) is 10.8 Å². The van der Waals surface area contributed by atoms with Crippen molar-refractivity contribution in [3.63, 3.8) is 0 Å². The number of benzene rings is 1. The zero-order valence-electron chi connectivity index (χ0n) is 9.96. The topological polar surface area (TPSA) is 30.0 Å². The molecular weight excluding hydrogens is 234 g/mol. The van der Waals surface area contributed by atoms with Gasteiger partial charge in [0.05, 0.1) is 5.52 Å². The van der Waals surface area contributed by atoms with Gasteiger partial charge < -0.3 is 4.79 Å². The van der Waals surface area contributed by atoms with Gasteiger partial charge in [0, 0.05) is 11.8 Å². The summed E-state index contributed by atoms with van der Waals surface area (Å²) in [5.74, 6) is 0.175. The summed E-state index contributed by atoms with van der Waals surface area (Å²) in [6.07, 6.45) is 1.18. The highest BCUT2D eigenvalue weighted by Crippen LogP contribution is 2.26. The van der Waals surface area contributed by atoms with Crippen molar-refractivity contribution in [2.75, 3.05) is 0 Å². The Balaban J connectivity index is 2.51. The standard InChI is InChI=1S/C14H14ClNO/c1-9(17)7-8-12-10(2)11-5-3-4-6-13(11)16-14(12)15/h3-6H,7-8H2,1-2H3. The number of aryl methyl sites for hydroxylation is 1. The number of aromatic nitrogens is 1. The first-order valence-electron chi connectivity index (χ1n) is 5.62. The molecule has 0 unspecified atom stereocenters. The molecule has 0 aliphatic carbocycles. The van der Waals surface area contributed by atoms with E-state index in [0.29, 0.717) is 18.0 Å². The van der Waals surface area contributed by atoms with Gasteiger partial charge in [-0.2, -0.15) is 0 Å². The monoisotopic (exact) mass is 247 g/mol. The number of Topliss-reactive ketones (excluding diaryl/α,β-unsaturated/α-hetero) is 1. The fourth-order valence-corrected chi connectivity index (χ4v) is 2.30. The molecule has 1 heterocycles. The maximum atomic E-state index is 11.0. The van der Waals surface area contributed by atoms with Crippen LogP contribution in [0.15, 0.2) is 24.3 Å². The van der Waals surface area contributed by atoms with E-state index in [1.54, 1.807) is 6.92 Å². The Bertz CT molecular complexity index is 578. The van der Waals surface area contributed by atoms with Crippen LogP contribution in [0.2, 0.25) is 5.15 Å². The number of fused-ring (bicyclic) bond motifs is 1. The first kappa shape index (κ1) is 12.1. The third-order valence-corrected chi connectivity index (χ3v) is 3.27. The summed E-state index contributed by atoms with van der Waals surface area (Å²) in [7, 11) is 0. The minimum Gasteiger partial charge on any atom is -0.300 e. The highest BCUT2D eigenvalue weighted by Gasteiger charge is 2.10. The predicted molar refractivity (Wildman–Crippen MR) is 70.5 cm³/mol. The highest BCUT2D eigenvalue weighted by atomic mass is 35.5. The largest absolute Gasteiger partial charge is 0.300 e. The third kappa shape index (κ3) is 2.47. The average Bonchev–Trinajstić information content (AvgIpc) is 2.28. The van der Waals surface area contributed by atoms with Gasteiger partial charge in [0.15, 0.2) is 0 Å². The molecule has 0 aliphatic heterocycles. The predicted octanol–water partition coefficient (Wildman–Crippen LogP) is 3.72. The molecule has 0 spiro atoms. The Morgan fingerprint density at radius 3 is 2.76 bits per heavy atom. The lowest BCUT2D eigenvalue weighted by molar-refractivity contribution is -0.116. The highest BCUT2D eigenvalue weighted by molar-refractivity contribution is 6.30. The van der Waals surface area contributed by atoms with Crippen LogP contribution in [0.25, 0.3) is 10.9 Å². The number of hydrogen-bond acceptors (Lipinski definition) is 2. The van der Waals surface area contributed by atoms with Gasteiger partial charge in [-0.3, -0.25) is 0 Å². The minimum absolute atomic E-state index is 0.175. The summed E-state index contributed by atoms with van der Waals surface area (Å²) in [6, 6.07) is 7.91. The number of nitrogens with zero attached hydrogens (tertiary/aromatic N) is 1. The van der Waals surface area contributed by atoms with Crippen molar-refractivity contribution < 1.29 is 4.79 Å². The summed E-state index contributed by atoms with van der Waals surface area (Å²) >= 11 is 6.17. The van der Waals surface area contributed by atoms with Crippen LogP contribution in [-0.2, 0) is 11.2 Å². The fraction of sp³-hybridized carbons (Fsp3) is 0.286. The number of hydrogen-bond donors (Lipinski definition) is 0. The Kier molecular flexibility index (Phi) is 3.43. The van der Waals surface area contributed by atoms with Gasteiger partial charge in [0.1, 0.15) is 10.9 Å². The van der Waals surface area contributed by atoms with Crippen molar-refractivity contribution >= 4 is 28.3 Å². The first-order valence-corrected chi connectivity index (χ1v) is 6.00. The van der Waals surface area contributed by atoms with Gasteiger partial charge in [-0.05, 0) is 37.5 Å². The molecule has 0 aliphatic rings. The molecule has 0 amide bonds. The second kappa shape index (κ2) is 4.84. The summed E-state index contributed by atoms with van der Waals surface area (Å²) in [4.78, 5) is 15.4. The molecule has 2 nitrogen and oxygen atoms in total. The maximum absolute atomic E-state index is 11.0. The average molecular weight is 248 g/mol. The van der Waals surface area contributed by atoms with Crippen LogP contribution in [0.4, 0.5) is 0 Å². The van der Waals surface area contributed by atoms with E-state index in [0.717, 1.165) is 22.0 Å². The lowest BCUT2D eigenvalue weighted by Gasteiger charge is -2.10. The van der Waals surface area contributed by atoms with E-state index >= 15 is 0 Å². The van der Waals surface area contributed by atoms with Crippen molar-refractivity contribution in [2.24, 2.45) is 0 Å². The van der Waals surface area contributed by atoms with E-state index in [2.05, 4.69) is 4.98 Å². The van der Waals surface area contributed by atoms with Crippen LogP contribution in [0.1, 0.15) is 24.5 Å². The summed E-state index contributed by atoms with van der Waals surface area (Å²) in [5, 5.41) is 1.62. The Hall–Kier alpha value is -1.41. The minimum atomic E-state index is 0.175. The van der Waals surface area contributed by atoms with Gasteiger partial charge in [-0.15, -0.1) is 0 Å². The molecule has 2 rings (SSSR count). The van der Waals surface area contributed by atoms with Crippen LogP contribution < -0.4 is 0 Å². The van der Waals surface area contributed by atoms with Gasteiger partial charge in [-0.25, -0.2) is 4.98 Å². The molecular formula is C14H14ClNO. The molecule has 0 atom stereocenters. The molecule has 1 aromatic carbocycles. The molecule has 17 heavy (non-hydrogen) atoms. The first-order chi connectivity index (χ1) is 8.09. The third-order valence-electron chi connectivity index (χ3n) is 2.96. The molecule has 1 aromatic heterocycles. The van der Waals surface area contributed by atoms with Crippen molar-refractivity contribution in [1.29, 1.82) is 0 Å². The quantitative estimate of drug-likeness (QED) is 0.774. The summed E-state index contributed by atoms with van der Waals surface area (Å²) in [5.41, 5.74) is 3.02. The fourth-order valence-electron chi connectivity index (χ4n) is 1.97. The summed E-state index contributed by atoms with van der Waals surface area (Å²) < 4.78 is 0. The maximum Gasteiger partial charge on any atom is 0.133 e. The Morgan fingerprint density at radius 2 is 2.06 bits per heavy atom. The Morgan fingerprint density at radius 1 is 1.35 bits per heavy atom. The van der Waals surface area contributed by atoms with E-state index in [9.17, 15) is 4.79 Å². The van der Waals surface area contributed by atoms with Gasteiger partial charge >= 0.3 is 0 Å². The molecule has 0 radical (unpaired) electrons. The van der Waals surface area contributed by atoms with E-state index in [1.807, 2.05) is 31.2 Å². The normalized spacial score (nSPS) is 10.8. The number of para-hydroxylation sites is 1. The molecule has 2 aromatic rings. The lowest BCUT2D eigenvalue weighted by atomic mass is 10.0. The zero-order chi connectivity index (χ0) is 12.4. The van der Waals surface area contributed by atoms with Crippen LogP contribution in [0, 0.1) is 6.92 Å². The smallest absolute Gasteiger partial charge is 0.133 e. The van der Waals surface area contributed by atoms with Crippen LogP contribution in [0.3, 0.4) is 0 Å². The van der Waals surface area contributed by atoms with E-state index < -0.39 is 0 Å². The van der Waals surface area contributed by atoms with E-state index in [1.165, 1.54) is 0 Å². The number of carbonyl (C=O) groups excluding carboxylic acids is 1. The zero-order valence-corrected chi connectivity index (χ0v) is 10.7. The van der Waals surface area contributed by atoms with Crippen LogP contribution in [0.5, 0.6) is 0 Å². The number of carbonyl (C=O) groups is 1. The van der Waals surface area contributed by atoms with Crippen LogP contribution >= 0.6 is 11.6 Å². The van der Waals surface area contributed by atoms with Crippen molar-refractivity contribution in [3.05, 3.63) is 40.5 Å². The van der Waals surface area contributed by atoms with Crippen molar-refractivity contribution in [1.82, 2.24) is 4.98 Å². The number of pyridine rings is 1. The number of rotatable bonds is 3. The van der Waals surface area contributed by atoms with Gasteiger partial charge in [-0.1, -0.05) is 29.8 Å². The molecule has 0 N–H and O–H groups in total. The van der Waals surface area contributed by atoms with Crippen molar-refractivity contribution in [2.45, 2.75) is 26.7 Å². The van der Waals surface area contributed by atoms with Gasteiger partial charge in [0.25, 0.3) is 0 Å².